The minimum Gasteiger partial charge on any atom is -1.00 e. The molecule has 0 bridgehead atoms. The Morgan fingerprint density at radius 1 is 1.35 bits per heavy atom. The predicted octanol–water partition coefficient (Wildman–Crippen LogP) is 0.785. The highest BCUT2D eigenvalue weighted by atomic mass is 127. The highest BCUT2D eigenvalue weighted by molar-refractivity contribution is 9.10. The maximum absolute atomic E-state index is 10.9. The first kappa shape index (κ1) is 17.8. The Morgan fingerprint density at radius 2 is 2.09 bits per heavy atom. The van der Waals surface area contributed by atoms with E-state index >= 15 is 0 Å². The van der Waals surface area contributed by atoms with Gasteiger partial charge >= 0.3 is 0 Å². The van der Waals surface area contributed by atoms with E-state index in [-0.39, 0.29) is 29.7 Å². The van der Waals surface area contributed by atoms with Gasteiger partial charge in [0.25, 0.3) is 5.69 Å². The van der Waals surface area contributed by atoms with Gasteiger partial charge in [0.2, 0.25) is 5.89 Å². The maximum Gasteiger partial charge on any atom is 0.272 e. The fourth-order valence-electron chi connectivity index (χ4n) is 2.31. The van der Waals surface area contributed by atoms with E-state index in [0.717, 1.165) is 16.6 Å². The fraction of sp³-hybridized carbons (Fsp3) is 0.200. The monoisotopic (exact) mass is 489 g/mol. The van der Waals surface area contributed by atoms with Gasteiger partial charge in [-0.25, -0.2) is 9.55 Å². The van der Waals surface area contributed by atoms with Gasteiger partial charge in [0.05, 0.1) is 9.40 Å². The average Bonchev–Trinajstić information content (AvgIpc) is 2.91. The van der Waals surface area contributed by atoms with Crippen LogP contribution in [0.1, 0.15) is 12.5 Å². The summed E-state index contributed by atoms with van der Waals surface area (Å²) in [5.41, 5.74) is 2.59. The predicted molar refractivity (Wildman–Crippen MR) is 84.4 cm³/mol. The number of aryl methyl sites for hydroxylation is 2. The molecule has 0 radical (unpaired) electrons. The molecule has 2 aromatic heterocycles. The quantitative estimate of drug-likeness (QED) is 0.236. The summed E-state index contributed by atoms with van der Waals surface area (Å²) < 4.78 is 8.72. The van der Waals surface area contributed by atoms with E-state index in [1.165, 1.54) is 12.1 Å². The molecule has 0 spiro atoms. The van der Waals surface area contributed by atoms with Crippen LogP contribution in [0.25, 0.3) is 22.6 Å². The molecule has 0 aliphatic carbocycles. The number of fused-ring (bicyclic) bond motifs is 1. The largest absolute Gasteiger partial charge is 1.00 e. The number of aromatic nitrogens is 2. The van der Waals surface area contributed by atoms with Crippen molar-refractivity contribution in [1.29, 1.82) is 0 Å². The number of non-ortho nitro benzene ring substituents is 1. The molecule has 0 fully saturated rings. The molecule has 23 heavy (non-hydrogen) atoms. The second-order valence-corrected chi connectivity index (χ2v) is 5.88. The van der Waals surface area contributed by atoms with Crippen LogP contribution >= 0.6 is 15.9 Å². The number of halogens is 2. The molecule has 6 nitrogen and oxygen atoms in total. The third-order valence-electron chi connectivity index (χ3n) is 3.37. The van der Waals surface area contributed by atoms with E-state index < -0.39 is 4.92 Å². The van der Waals surface area contributed by atoms with E-state index in [2.05, 4.69) is 20.9 Å². The summed E-state index contributed by atoms with van der Waals surface area (Å²) in [5, 5.41) is 10.9. The Balaban J connectivity index is 0.00000192. The molecule has 0 unspecified atom stereocenters. The number of benzene rings is 1. The summed E-state index contributed by atoms with van der Waals surface area (Å²) >= 11 is 3.46. The zero-order valence-corrected chi connectivity index (χ0v) is 16.2. The molecule has 3 aromatic rings. The van der Waals surface area contributed by atoms with E-state index in [9.17, 15) is 10.1 Å². The van der Waals surface area contributed by atoms with Gasteiger partial charge in [0, 0.05) is 17.7 Å². The SMILES string of the molecule is CC[n+]1cc(Br)cc(-c2nc3cc([N+](=O)[O-])cc(C)c3o2)c1.[I-]. The van der Waals surface area contributed by atoms with Crippen molar-refractivity contribution in [1.82, 2.24) is 4.98 Å². The van der Waals surface area contributed by atoms with Crippen LogP contribution in [-0.4, -0.2) is 9.91 Å². The average molecular weight is 490 g/mol. The molecule has 0 saturated carbocycles. The Hall–Kier alpha value is -1.55. The van der Waals surface area contributed by atoms with E-state index in [0.29, 0.717) is 22.6 Å². The summed E-state index contributed by atoms with van der Waals surface area (Å²) in [6.45, 7) is 4.63. The molecule has 0 amide bonds. The topological polar surface area (TPSA) is 73.0 Å². The molecule has 0 saturated heterocycles. The van der Waals surface area contributed by atoms with Gasteiger partial charge in [-0.2, -0.15) is 0 Å². The maximum atomic E-state index is 10.9. The van der Waals surface area contributed by atoms with Crippen molar-refractivity contribution < 1.29 is 37.9 Å². The summed E-state index contributed by atoms with van der Waals surface area (Å²) in [4.78, 5) is 14.9. The fourth-order valence-corrected chi connectivity index (χ4v) is 2.82. The van der Waals surface area contributed by atoms with E-state index in [1.807, 2.05) is 30.0 Å². The minimum atomic E-state index is -0.426. The molecule has 1 aromatic carbocycles. The minimum absolute atomic E-state index is 0. The Kier molecular flexibility index (Phi) is 5.35. The molecule has 3 rings (SSSR count). The third-order valence-corrected chi connectivity index (χ3v) is 3.80. The van der Waals surface area contributed by atoms with E-state index in [1.54, 1.807) is 6.92 Å². The van der Waals surface area contributed by atoms with Crippen molar-refractivity contribution in [3.8, 4) is 11.5 Å². The lowest BCUT2D eigenvalue weighted by molar-refractivity contribution is -0.693. The van der Waals surface area contributed by atoms with Crippen LogP contribution < -0.4 is 28.5 Å². The number of oxazole rings is 1. The van der Waals surface area contributed by atoms with E-state index in [4.69, 9.17) is 4.42 Å². The zero-order chi connectivity index (χ0) is 15.9. The van der Waals surface area contributed by atoms with Gasteiger partial charge in [-0.3, -0.25) is 10.1 Å². The highest BCUT2D eigenvalue weighted by Gasteiger charge is 2.17. The van der Waals surface area contributed by atoms with Crippen LogP contribution in [-0.2, 0) is 6.54 Å². The molecule has 120 valence electrons. The molecule has 0 aliphatic heterocycles. The lowest BCUT2D eigenvalue weighted by atomic mass is 10.2. The van der Waals surface area contributed by atoms with Crippen molar-refractivity contribution in [2.24, 2.45) is 0 Å². The first-order valence-electron chi connectivity index (χ1n) is 6.73. The number of hydrogen-bond donors (Lipinski definition) is 0. The summed E-state index contributed by atoms with van der Waals surface area (Å²) in [7, 11) is 0. The van der Waals surface area contributed by atoms with Gasteiger partial charge in [-0.05, 0) is 35.8 Å². The number of nitro benzene ring substituents is 1. The van der Waals surface area contributed by atoms with Gasteiger partial charge in [-0.15, -0.1) is 0 Å². The first-order valence-corrected chi connectivity index (χ1v) is 7.53. The Morgan fingerprint density at radius 3 is 2.74 bits per heavy atom. The number of hydrogen-bond acceptors (Lipinski definition) is 4. The van der Waals surface area contributed by atoms with Gasteiger partial charge in [0.1, 0.15) is 17.6 Å². The van der Waals surface area contributed by atoms with Crippen molar-refractivity contribution in [2.45, 2.75) is 20.4 Å². The Labute approximate surface area is 157 Å². The zero-order valence-electron chi connectivity index (χ0n) is 12.4. The molecule has 2 heterocycles. The van der Waals surface area contributed by atoms with Gasteiger partial charge in [-0.1, -0.05) is 0 Å². The number of rotatable bonds is 3. The molecule has 0 aliphatic rings. The first-order chi connectivity index (χ1) is 10.5. The van der Waals surface area contributed by atoms with Crippen LogP contribution in [0.4, 0.5) is 5.69 Å². The van der Waals surface area contributed by atoms with Gasteiger partial charge < -0.3 is 28.4 Å². The molecule has 8 heteroatoms. The summed E-state index contributed by atoms with van der Waals surface area (Å²) in [5.74, 6) is 0.446. The lowest BCUT2D eigenvalue weighted by Gasteiger charge is -1.97. The van der Waals surface area contributed by atoms with Crippen LogP contribution in [0.3, 0.4) is 0 Å². The molecular formula is C15H13BrIN3O3. The third kappa shape index (κ3) is 3.52. The van der Waals surface area contributed by atoms with Crippen molar-refractivity contribution >= 4 is 32.7 Å². The van der Waals surface area contributed by atoms with Crippen molar-refractivity contribution in [3.05, 3.63) is 50.7 Å². The number of pyridine rings is 1. The number of nitro groups is 1. The molecular weight excluding hydrogens is 477 g/mol. The summed E-state index contributed by atoms with van der Waals surface area (Å²) in [6.07, 6.45) is 3.89. The second-order valence-electron chi connectivity index (χ2n) is 4.96. The van der Waals surface area contributed by atoms with Crippen LogP contribution in [0, 0.1) is 17.0 Å². The molecule has 0 N–H and O–H groups in total. The van der Waals surface area contributed by atoms with Crippen LogP contribution in [0.5, 0.6) is 0 Å². The second kappa shape index (κ2) is 6.91. The van der Waals surface area contributed by atoms with Crippen molar-refractivity contribution in [2.75, 3.05) is 0 Å². The van der Waals surface area contributed by atoms with Gasteiger partial charge in [0.15, 0.2) is 18.0 Å². The van der Waals surface area contributed by atoms with Crippen LogP contribution in [0.2, 0.25) is 0 Å². The Bertz CT molecular complexity index is 895. The normalized spacial score (nSPS) is 10.6. The number of nitrogens with zero attached hydrogens (tertiary/aromatic N) is 3. The molecule has 0 atom stereocenters. The standard InChI is InChI=1S/C15H13BrN3O3.HI/c1-3-18-7-10(5-11(16)8-18)15-17-13-6-12(19(20)21)4-9(2)14(13)22-15;/h4-8H,3H2,1-2H3;1H/q+1;/p-1. The lowest BCUT2D eigenvalue weighted by Crippen LogP contribution is -3.00. The smallest absolute Gasteiger partial charge is 0.272 e. The summed E-state index contributed by atoms with van der Waals surface area (Å²) in [6, 6.07) is 4.83. The highest BCUT2D eigenvalue weighted by Crippen LogP contribution is 2.30. The van der Waals surface area contributed by atoms with Crippen molar-refractivity contribution in [3.63, 3.8) is 0 Å². The van der Waals surface area contributed by atoms with Crippen LogP contribution in [0.15, 0.2) is 39.5 Å².